The average Bonchev–Trinajstić information content (AvgIpc) is 2.90. The molecular formula is C16H17NO3S. The molecule has 0 radical (unpaired) electrons. The van der Waals surface area contributed by atoms with E-state index in [4.69, 9.17) is 0 Å². The van der Waals surface area contributed by atoms with E-state index in [9.17, 15) is 14.7 Å². The molecule has 1 amide bonds. The molecule has 4 nitrogen and oxygen atoms in total. The molecule has 1 atom stereocenters. The van der Waals surface area contributed by atoms with Gasteiger partial charge < -0.3 is 10.4 Å². The van der Waals surface area contributed by atoms with Crippen molar-refractivity contribution < 1.29 is 14.7 Å². The van der Waals surface area contributed by atoms with Crippen molar-refractivity contribution in [2.24, 2.45) is 0 Å². The molecule has 21 heavy (non-hydrogen) atoms. The summed E-state index contributed by atoms with van der Waals surface area (Å²) in [5.74, 6) is -1.55. The van der Waals surface area contributed by atoms with E-state index in [1.54, 1.807) is 13.0 Å². The summed E-state index contributed by atoms with van der Waals surface area (Å²) in [5, 5.41) is 12.4. The van der Waals surface area contributed by atoms with Gasteiger partial charge in [-0.3, -0.25) is 4.79 Å². The molecule has 110 valence electrons. The van der Waals surface area contributed by atoms with Gasteiger partial charge in [-0.2, -0.15) is 0 Å². The number of aryl methyl sites for hydroxylation is 1. The molecule has 0 saturated heterocycles. The normalized spacial score (nSPS) is 11.9. The lowest BCUT2D eigenvalue weighted by molar-refractivity contribution is -0.117. The molecule has 0 spiro atoms. The minimum absolute atomic E-state index is 0.158. The Morgan fingerprint density at radius 2 is 1.95 bits per heavy atom. The summed E-state index contributed by atoms with van der Waals surface area (Å²) in [6.07, 6.45) is 0.745. The van der Waals surface area contributed by atoms with Crippen LogP contribution in [0.25, 0.3) is 0 Å². The molecule has 0 aliphatic heterocycles. The zero-order chi connectivity index (χ0) is 15.4. The minimum atomic E-state index is -1.02. The Bertz CT molecular complexity index is 649. The van der Waals surface area contributed by atoms with Gasteiger partial charge in [-0.1, -0.05) is 37.3 Å². The topological polar surface area (TPSA) is 66.4 Å². The van der Waals surface area contributed by atoms with Gasteiger partial charge in [0.1, 0.15) is 5.00 Å². The molecule has 1 aromatic carbocycles. The highest BCUT2D eigenvalue weighted by atomic mass is 32.1. The van der Waals surface area contributed by atoms with Crippen molar-refractivity contribution in [3.05, 3.63) is 52.4 Å². The predicted molar refractivity (Wildman–Crippen MR) is 84.1 cm³/mol. The fraction of sp³-hybridized carbons (Fsp3) is 0.250. The smallest absolute Gasteiger partial charge is 0.338 e. The third-order valence-corrected chi connectivity index (χ3v) is 4.49. The van der Waals surface area contributed by atoms with E-state index in [-0.39, 0.29) is 17.4 Å². The quantitative estimate of drug-likeness (QED) is 0.884. The lowest BCUT2D eigenvalue weighted by Gasteiger charge is -2.12. The maximum atomic E-state index is 12.3. The number of rotatable bonds is 5. The maximum Gasteiger partial charge on any atom is 0.338 e. The van der Waals surface area contributed by atoms with Crippen molar-refractivity contribution in [3.8, 4) is 0 Å². The second-order valence-electron chi connectivity index (χ2n) is 4.74. The average molecular weight is 303 g/mol. The van der Waals surface area contributed by atoms with Crippen molar-refractivity contribution in [2.45, 2.75) is 26.2 Å². The number of carbonyl (C=O) groups excluding carboxylic acids is 1. The lowest BCUT2D eigenvalue weighted by Crippen LogP contribution is -2.19. The number of benzene rings is 1. The van der Waals surface area contributed by atoms with Gasteiger partial charge in [0, 0.05) is 4.88 Å². The SMILES string of the molecule is CCc1cc(C(=O)O)c(NC(=O)C(C)c2ccccc2)s1. The molecule has 2 N–H and O–H groups in total. The van der Waals surface area contributed by atoms with Crippen LogP contribution in [0.2, 0.25) is 0 Å². The first-order chi connectivity index (χ1) is 10.0. The fourth-order valence-electron chi connectivity index (χ4n) is 1.98. The van der Waals surface area contributed by atoms with E-state index in [2.05, 4.69) is 5.32 Å². The molecule has 0 bridgehead atoms. The van der Waals surface area contributed by atoms with Crippen LogP contribution in [0.1, 0.15) is 40.6 Å². The zero-order valence-corrected chi connectivity index (χ0v) is 12.7. The van der Waals surface area contributed by atoms with E-state index in [1.807, 2.05) is 37.3 Å². The summed E-state index contributed by atoms with van der Waals surface area (Å²) in [6.45, 7) is 3.76. The van der Waals surface area contributed by atoms with Gasteiger partial charge in [-0.25, -0.2) is 4.79 Å². The summed E-state index contributed by atoms with van der Waals surface area (Å²) in [7, 11) is 0. The van der Waals surface area contributed by atoms with Gasteiger partial charge >= 0.3 is 5.97 Å². The molecule has 1 heterocycles. The van der Waals surface area contributed by atoms with E-state index >= 15 is 0 Å². The van der Waals surface area contributed by atoms with Crippen molar-refractivity contribution in [2.75, 3.05) is 5.32 Å². The van der Waals surface area contributed by atoms with Crippen molar-refractivity contribution in [3.63, 3.8) is 0 Å². The summed E-state index contributed by atoms with van der Waals surface area (Å²) in [5.41, 5.74) is 1.06. The van der Waals surface area contributed by atoms with Crippen LogP contribution in [-0.4, -0.2) is 17.0 Å². The molecule has 5 heteroatoms. The highest BCUT2D eigenvalue weighted by Crippen LogP contribution is 2.30. The first-order valence-corrected chi connectivity index (χ1v) is 7.56. The number of aromatic carboxylic acids is 1. The highest BCUT2D eigenvalue weighted by Gasteiger charge is 2.20. The maximum absolute atomic E-state index is 12.3. The number of anilines is 1. The van der Waals surface area contributed by atoms with Gasteiger partial charge in [0.2, 0.25) is 5.91 Å². The van der Waals surface area contributed by atoms with Crippen LogP contribution in [0.4, 0.5) is 5.00 Å². The second-order valence-corrected chi connectivity index (χ2v) is 5.87. The van der Waals surface area contributed by atoms with Crippen LogP contribution in [0.3, 0.4) is 0 Å². The van der Waals surface area contributed by atoms with Crippen LogP contribution in [-0.2, 0) is 11.2 Å². The van der Waals surface area contributed by atoms with Crippen LogP contribution in [0, 0.1) is 0 Å². The Kier molecular flexibility index (Phi) is 4.75. The van der Waals surface area contributed by atoms with Gasteiger partial charge in [0.15, 0.2) is 0 Å². The van der Waals surface area contributed by atoms with Crippen LogP contribution in [0.5, 0.6) is 0 Å². The molecule has 1 unspecified atom stereocenters. The second kappa shape index (κ2) is 6.54. The number of hydrogen-bond acceptors (Lipinski definition) is 3. The lowest BCUT2D eigenvalue weighted by atomic mass is 10.0. The Morgan fingerprint density at radius 3 is 2.52 bits per heavy atom. The number of thiophene rings is 1. The Balaban J connectivity index is 2.20. The van der Waals surface area contributed by atoms with Crippen LogP contribution >= 0.6 is 11.3 Å². The van der Waals surface area contributed by atoms with Crippen molar-refractivity contribution >= 4 is 28.2 Å². The summed E-state index contributed by atoms with van der Waals surface area (Å²) in [4.78, 5) is 24.5. The van der Waals surface area contributed by atoms with E-state index in [1.165, 1.54) is 11.3 Å². The highest BCUT2D eigenvalue weighted by molar-refractivity contribution is 7.16. The Labute approximate surface area is 127 Å². The molecule has 1 aromatic heterocycles. The first kappa shape index (κ1) is 15.3. The molecular weight excluding hydrogens is 286 g/mol. The zero-order valence-electron chi connectivity index (χ0n) is 11.9. The van der Waals surface area contributed by atoms with E-state index in [0.717, 1.165) is 16.9 Å². The number of carboxylic acids is 1. The molecule has 0 fully saturated rings. The van der Waals surface area contributed by atoms with Crippen LogP contribution in [0.15, 0.2) is 36.4 Å². The van der Waals surface area contributed by atoms with E-state index in [0.29, 0.717) is 5.00 Å². The van der Waals surface area contributed by atoms with Gasteiger partial charge in [0.25, 0.3) is 0 Å². The molecule has 0 aliphatic carbocycles. The fourth-order valence-corrected chi connectivity index (χ4v) is 2.97. The van der Waals surface area contributed by atoms with Crippen molar-refractivity contribution in [1.82, 2.24) is 0 Å². The number of hydrogen-bond donors (Lipinski definition) is 2. The molecule has 2 aromatic rings. The number of carbonyl (C=O) groups is 2. The minimum Gasteiger partial charge on any atom is -0.478 e. The summed E-state index contributed by atoms with van der Waals surface area (Å²) >= 11 is 1.32. The van der Waals surface area contributed by atoms with Crippen molar-refractivity contribution in [1.29, 1.82) is 0 Å². The van der Waals surface area contributed by atoms with E-state index < -0.39 is 5.97 Å². The van der Waals surface area contributed by atoms with Crippen LogP contribution < -0.4 is 5.32 Å². The van der Waals surface area contributed by atoms with Gasteiger partial charge in [-0.15, -0.1) is 11.3 Å². The third kappa shape index (κ3) is 3.49. The number of amides is 1. The third-order valence-electron chi connectivity index (χ3n) is 3.29. The standard InChI is InChI=1S/C16H17NO3S/c1-3-12-9-13(16(19)20)15(21-12)17-14(18)10(2)11-7-5-4-6-8-11/h4-10H,3H2,1-2H3,(H,17,18)(H,19,20). The monoisotopic (exact) mass is 303 g/mol. The molecule has 2 rings (SSSR count). The summed E-state index contributed by atoms with van der Waals surface area (Å²) in [6, 6.07) is 11.0. The van der Waals surface area contributed by atoms with Gasteiger partial charge in [-0.05, 0) is 25.0 Å². The largest absolute Gasteiger partial charge is 0.478 e. The van der Waals surface area contributed by atoms with Gasteiger partial charge in [0.05, 0.1) is 11.5 Å². The number of nitrogens with one attached hydrogen (secondary N) is 1. The predicted octanol–water partition coefficient (Wildman–Crippen LogP) is 3.75. The molecule has 0 aliphatic rings. The molecule has 0 saturated carbocycles. The number of carboxylic acid groups (broad SMARTS) is 1. The first-order valence-electron chi connectivity index (χ1n) is 6.74. The Morgan fingerprint density at radius 1 is 1.29 bits per heavy atom. The summed E-state index contributed by atoms with van der Waals surface area (Å²) < 4.78 is 0. The Hall–Kier alpha value is -2.14.